The van der Waals surface area contributed by atoms with E-state index in [0.717, 1.165) is 0 Å². The molecule has 1 amide bonds. The number of nitrogens with zero attached hydrogens (tertiary/aromatic N) is 2. The van der Waals surface area contributed by atoms with Gasteiger partial charge in [0.1, 0.15) is 11.3 Å². The zero-order valence-electron chi connectivity index (χ0n) is 6.42. The summed E-state index contributed by atoms with van der Waals surface area (Å²) in [7, 11) is 0. The van der Waals surface area contributed by atoms with Crippen LogP contribution in [0.3, 0.4) is 0 Å². The Kier molecular flexibility index (Phi) is 3.41. The number of carbonyl (C=O) groups is 1. The normalized spacial score (nSPS) is 9.77. The first-order valence-corrected chi connectivity index (χ1v) is 4.06. The average molecular weight is 221 g/mol. The van der Waals surface area contributed by atoms with Gasteiger partial charge < -0.3 is 11.1 Å². The third-order valence-electron chi connectivity index (χ3n) is 1.19. The number of anilines is 1. The smallest absolute Gasteiger partial charge is 0.239 e. The molecule has 1 heterocycles. The molecule has 0 saturated heterocycles. The summed E-state index contributed by atoms with van der Waals surface area (Å²) < 4.78 is 0. The van der Waals surface area contributed by atoms with Crippen molar-refractivity contribution < 1.29 is 4.79 Å². The summed E-state index contributed by atoms with van der Waals surface area (Å²) in [4.78, 5) is 18.2. The Morgan fingerprint density at radius 1 is 1.54 bits per heavy atom. The van der Waals surface area contributed by atoms with E-state index >= 15 is 0 Å². The first kappa shape index (κ1) is 10.2. The number of carbonyl (C=O) groups excluding carboxylic acids is 1. The molecule has 1 aromatic rings. The van der Waals surface area contributed by atoms with Gasteiger partial charge in [-0.3, -0.25) is 4.79 Å². The quantitative estimate of drug-likeness (QED) is 0.719. The van der Waals surface area contributed by atoms with Crippen LogP contribution in [-0.2, 0) is 4.79 Å². The van der Waals surface area contributed by atoms with Crippen LogP contribution in [0.5, 0.6) is 0 Å². The van der Waals surface area contributed by atoms with Crippen LogP contribution in [0.2, 0.25) is 10.2 Å². The first-order chi connectivity index (χ1) is 6.15. The van der Waals surface area contributed by atoms with E-state index in [9.17, 15) is 4.79 Å². The summed E-state index contributed by atoms with van der Waals surface area (Å²) in [5, 5.41) is 2.56. The predicted molar refractivity (Wildman–Crippen MR) is 49.7 cm³/mol. The SMILES string of the molecule is NCC(=O)Nc1ncnc(Cl)c1Cl. The fraction of sp³-hybridized carbons (Fsp3) is 0.167. The Morgan fingerprint density at radius 3 is 2.85 bits per heavy atom. The van der Waals surface area contributed by atoms with E-state index in [4.69, 9.17) is 28.9 Å². The van der Waals surface area contributed by atoms with E-state index in [1.54, 1.807) is 0 Å². The minimum Gasteiger partial charge on any atom is -0.322 e. The number of nitrogens with one attached hydrogen (secondary N) is 1. The maximum Gasteiger partial charge on any atom is 0.239 e. The molecule has 70 valence electrons. The predicted octanol–water partition coefficient (Wildman–Crippen LogP) is 0.681. The Hall–Kier alpha value is -0.910. The number of hydrogen-bond acceptors (Lipinski definition) is 4. The highest BCUT2D eigenvalue weighted by molar-refractivity contribution is 6.42. The van der Waals surface area contributed by atoms with Crippen LogP contribution in [0, 0.1) is 0 Å². The van der Waals surface area contributed by atoms with Crippen molar-refractivity contribution >= 4 is 34.9 Å². The van der Waals surface area contributed by atoms with Gasteiger partial charge in [0.25, 0.3) is 0 Å². The van der Waals surface area contributed by atoms with Crippen LogP contribution >= 0.6 is 23.2 Å². The molecule has 0 saturated carbocycles. The van der Waals surface area contributed by atoms with E-state index in [1.807, 2.05) is 0 Å². The highest BCUT2D eigenvalue weighted by atomic mass is 35.5. The van der Waals surface area contributed by atoms with Crippen molar-refractivity contribution in [3.63, 3.8) is 0 Å². The zero-order valence-corrected chi connectivity index (χ0v) is 7.93. The lowest BCUT2D eigenvalue weighted by atomic mass is 10.5. The van der Waals surface area contributed by atoms with Gasteiger partial charge in [-0.05, 0) is 0 Å². The van der Waals surface area contributed by atoms with Crippen molar-refractivity contribution in [1.82, 2.24) is 9.97 Å². The molecule has 7 heteroatoms. The molecule has 0 unspecified atom stereocenters. The maximum atomic E-state index is 10.8. The number of rotatable bonds is 2. The van der Waals surface area contributed by atoms with Crippen molar-refractivity contribution in [3.05, 3.63) is 16.5 Å². The van der Waals surface area contributed by atoms with Gasteiger partial charge in [0.2, 0.25) is 5.91 Å². The van der Waals surface area contributed by atoms with Gasteiger partial charge in [-0.1, -0.05) is 23.2 Å². The lowest BCUT2D eigenvalue weighted by Crippen LogP contribution is -2.22. The van der Waals surface area contributed by atoms with Crippen molar-refractivity contribution in [2.45, 2.75) is 0 Å². The van der Waals surface area contributed by atoms with Gasteiger partial charge in [-0.2, -0.15) is 0 Å². The highest BCUT2D eigenvalue weighted by Crippen LogP contribution is 2.24. The van der Waals surface area contributed by atoms with Crippen molar-refractivity contribution in [1.29, 1.82) is 0 Å². The van der Waals surface area contributed by atoms with E-state index in [1.165, 1.54) is 6.33 Å². The fourth-order valence-corrected chi connectivity index (χ4v) is 0.897. The van der Waals surface area contributed by atoms with E-state index in [0.29, 0.717) is 0 Å². The molecular weight excluding hydrogens is 215 g/mol. The maximum absolute atomic E-state index is 10.8. The van der Waals surface area contributed by atoms with Crippen LogP contribution < -0.4 is 11.1 Å². The monoisotopic (exact) mass is 220 g/mol. The molecule has 3 N–H and O–H groups in total. The molecule has 0 aliphatic carbocycles. The molecular formula is C6H6Cl2N4O. The second-order valence-electron chi connectivity index (χ2n) is 2.08. The fourth-order valence-electron chi connectivity index (χ4n) is 0.619. The number of halogens is 2. The molecule has 1 aromatic heterocycles. The van der Waals surface area contributed by atoms with Crippen molar-refractivity contribution in [2.75, 3.05) is 11.9 Å². The number of hydrogen-bond donors (Lipinski definition) is 2. The second kappa shape index (κ2) is 4.36. The summed E-state index contributed by atoms with van der Waals surface area (Å²) in [6.07, 6.45) is 1.19. The number of amides is 1. The average Bonchev–Trinajstić information content (AvgIpc) is 2.13. The molecule has 0 aliphatic heterocycles. The third-order valence-corrected chi connectivity index (χ3v) is 1.93. The zero-order chi connectivity index (χ0) is 9.84. The van der Waals surface area contributed by atoms with Crippen molar-refractivity contribution in [3.8, 4) is 0 Å². The van der Waals surface area contributed by atoms with Gasteiger partial charge >= 0.3 is 0 Å². The van der Waals surface area contributed by atoms with Crippen LogP contribution in [0.25, 0.3) is 0 Å². The lowest BCUT2D eigenvalue weighted by molar-refractivity contribution is -0.114. The molecule has 0 radical (unpaired) electrons. The molecule has 0 bridgehead atoms. The van der Waals surface area contributed by atoms with E-state index < -0.39 is 5.91 Å². The van der Waals surface area contributed by atoms with Crippen molar-refractivity contribution in [2.24, 2.45) is 5.73 Å². The summed E-state index contributed by atoms with van der Waals surface area (Å²) in [6.45, 7) is -0.141. The summed E-state index contributed by atoms with van der Waals surface area (Å²) in [6, 6.07) is 0. The molecule has 5 nitrogen and oxygen atoms in total. The van der Waals surface area contributed by atoms with Gasteiger partial charge in [-0.15, -0.1) is 0 Å². The minimum atomic E-state index is -0.392. The van der Waals surface area contributed by atoms with Crippen LogP contribution in [0.4, 0.5) is 5.82 Å². The summed E-state index contributed by atoms with van der Waals surface area (Å²) in [5.74, 6) is -0.228. The second-order valence-corrected chi connectivity index (χ2v) is 2.82. The Morgan fingerprint density at radius 2 is 2.23 bits per heavy atom. The van der Waals surface area contributed by atoms with Crippen LogP contribution in [0.15, 0.2) is 6.33 Å². The standard InChI is InChI=1S/C6H6Cl2N4O/c7-4-5(8)10-2-11-6(4)12-3(13)1-9/h2H,1,9H2,(H,10,11,12,13). The molecule has 0 spiro atoms. The molecule has 0 fully saturated rings. The molecule has 0 aliphatic rings. The minimum absolute atomic E-state index is 0.0870. The van der Waals surface area contributed by atoms with Gasteiger partial charge in [-0.25, -0.2) is 9.97 Å². The Bertz CT molecular complexity index is 330. The number of aromatic nitrogens is 2. The summed E-state index contributed by atoms with van der Waals surface area (Å²) in [5.41, 5.74) is 5.08. The molecule has 0 aromatic carbocycles. The van der Waals surface area contributed by atoms with E-state index in [-0.39, 0.29) is 22.5 Å². The van der Waals surface area contributed by atoms with E-state index in [2.05, 4.69) is 15.3 Å². The Balaban J connectivity index is 2.89. The third kappa shape index (κ3) is 2.51. The molecule has 0 atom stereocenters. The van der Waals surface area contributed by atoms with Crippen LogP contribution in [-0.4, -0.2) is 22.4 Å². The Labute approximate surface area is 84.3 Å². The molecule has 13 heavy (non-hydrogen) atoms. The summed E-state index contributed by atoms with van der Waals surface area (Å²) >= 11 is 11.3. The highest BCUT2D eigenvalue weighted by Gasteiger charge is 2.08. The largest absolute Gasteiger partial charge is 0.322 e. The first-order valence-electron chi connectivity index (χ1n) is 3.31. The van der Waals surface area contributed by atoms with Crippen LogP contribution in [0.1, 0.15) is 0 Å². The number of nitrogens with two attached hydrogens (primary N) is 1. The topological polar surface area (TPSA) is 80.9 Å². The molecule has 1 rings (SSSR count). The lowest BCUT2D eigenvalue weighted by Gasteiger charge is -2.04. The van der Waals surface area contributed by atoms with Gasteiger partial charge in [0.05, 0.1) is 6.54 Å². The van der Waals surface area contributed by atoms with Gasteiger partial charge in [0, 0.05) is 0 Å². The van der Waals surface area contributed by atoms with Gasteiger partial charge in [0.15, 0.2) is 11.0 Å².